The molecular weight excluding hydrogens is 657 g/mol. The lowest BCUT2D eigenvalue weighted by Crippen LogP contribution is -2.46. The molecule has 2 fully saturated rings. The van der Waals surface area contributed by atoms with Gasteiger partial charge >= 0.3 is 0 Å². The molecule has 2 aliphatic heterocycles. The number of hydrogen-bond donors (Lipinski definition) is 1. The highest BCUT2D eigenvalue weighted by Gasteiger charge is 2.44. The number of benzene rings is 4. The summed E-state index contributed by atoms with van der Waals surface area (Å²) in [6, 6.07) is 21.2. The fourth-order valence-electron chi connectivity index (χ4n) is 7.08. The lowest BCUT2D eigenvalue weighted by atomic mass is 9.87. The molecule has 2 saturated heterocycles. The maximum absolute atomic E-state index is 15.0. The number of halogens is 3. The number of nitrogens with zero attached hydrogens (tertiary/aromatic N) is 5. The Morgan fingerprint density at radius 3 is 2.37 bits per heavy atom. The second kappa shape index (κ2) is 14.5. The predicted molar refractivity (Wildman–Crippen MR) is 189 cm³/mol. The largest absolute Gasteiger partial charge is 0.493 e. The number of rotatable bonds is 10. The monoisotopic (exact) mass is 696 g/mol. The smallest absolute Gasteiger partial charge is 0.255 e. The van der Waals surface area contributed by atoms with Gasteiger partial charge in [-0.25, -0.2) is 22.8 Å². The number of nitrogens with one attached hydrogen (secondary N) is 1. The lowest BCUT2D eigenvalue weighted by molar-refractivity contribution is -0.0206. The predicted octanol–water partition coefficient (Wildman–Crippen LogP) is 6.90. The maximum atomic E-state index is 15.0. The van der Waals surface area contributed by atoms with Crippen molar-refractivity contribution in [2.75, 3.05) is 54.5 Å². The summed E-state index contributed by atoms with van der Waals surface area (Å²) in [6.45, 7) is 8.34. The second-order valence-electron chi connectivity index (χ2n) is 13.3. The molecule has 12 heteroatoms. The van der Waals surface area contributed by atoms with Gasteiger partial charge in [0.2, 0.25) is 0 Å². The number of piperazine rings is 1. The summed E-state index contributed by atoms with van der Waals surface area (Å²) >= 11 is 0. The topological polar surface area (TPSA) is 84.8 Å². The van der Waals surface area contributed by atoms with E-state index < -0.39 is 17.2 Å². The van der Waals surface area contributed by atoms with Crippen LogP contribution in [0.15, 0.2) is 91.5 Å². The molecule has 5 aromatic rings. The van der Waals surface area contributed by atoms with Crippen molar-refractivity contribution in [3.05, 3.63) is 131 Å². The lowest BCUT2D eigenvalue weighted by Gasteiger charge is -2.38. The molecule has 0 saturated carbocycles. The number of aryl methyl sites for hydroxylation is 2. The van der Waals surface area contributed by atoms with Crippen molar-refractivity contribution in [1.29, 1.82) is 0 Å². The SMILES string of the molecule is Cc1cc(N2CCN(c3ccc(C(=O)Nc4ccc(F)cc4)cc3C)CC2)ccc1OC[C@@H]1CO[C@@](Cn2cncn2)(c2ccc(F)cc2F)C1. The Morgan fingerprint density at radius 1 is 0.902 bits per heavy atom. The van der Waals surface area contributed by atoms with Gasteiger partial charge in [-0.3, -0.25) is 4.79 Å². The van der Waals surface area contributed by atoms with Crippen molar-refractivity contribution in [3.8, 4) is 5.75 Å². The van der Waals surface area contributed by atoms with E-state index in [0.717, 1.165) is 60.5 Å². The molecule has 0 unspecified atom stereocenters. The fourth-order valence-corrected chi connectivity index (χ4v) is 7.08. The van der Waals surface area contributed by atoms with Crippen LogP contribution in [-0.2, 0) is 16.9 Å². The highest BCUT2D eigenvalue weighted by atomic mass is 19.1. The molecule has 4 aromatic carbocycles. The van der Waals surface area contributed by atoms with Crippen LogP contribution in [-0.4, -0.2) is 60.1 Å². The van der Waals surface area contributed by atoms with Gasteiger partial charge in [0.25, 0.3) is 5.91 Å². The molecule has 0 spiro atoms. The zero-order chi connectivity index (χ0) is 35.5. The standard InChI is InChI=1S/C39H39F3N6O3/c1-26-17-29(38(49)45-32-7-4-30(40)5-8-32)3-11-36(26)47-15-13-46(14-16-47)33-9-12-37(27(2)18-33)50-21-28-20-39(51-22-28,23-48-25-43-24-44-48)34-10-6-31(41)19-35(34)42/h3-12,17-19,24-25,28H,13-16,20-23H2,1-2H3,(H,45,49)/t28-,39+/m1/s1. The van der Waals surface area contributed by atoms with Gasteiger partial charge < -0.3 is 24.6 Å². The number of amides is 1. The molecule has 7 rings (SSSR count). The summed E-state index contributed by atoms with van der Waals surface area (Å²) in [5.74, 6) is -1.13. The van der Waals surface area contributed by atoms with E-state index in [2.05, 4.69) is 37.3 Å². The van der Waals surface area contributed by atoms with Crippen LogP contribution in [0.3, 0.4) is 0 Å². The molecule has 2 atom stereocenters. The van der Waals surface area contributed by atoms with Crippen LogP contribution in [0.4, 0.5) is 30.2 Å². The third kappa shape index (κ3) is 7.56. The Balaban J connectivity index is 0.940. The fraction of sp³-hybridized carbons (Fsp3) is 0.308. The molecule has 1 N–H and O–H groups in total. The van der Waals surface area contributed by atoms with Crippen molar-refractivity contribution < 1.29 is 27.4 Å². The van der Waals surface area contributed by atoms with E-state index in [0.29, 0.717) is 36.4 Å². The Bertz CT molecular complexity index is 2000. The van der Waals surface area contributed by atoms with Gasteiger partial charge in [0.1, 0.15) is 41.5 Å². The van der Waals surface area contributed by atoms with Gasteiger partial charge in [0, 0.05) is 66.4 Å². The molecule has 0 radical (unpaired) electrons. The quantitative estimate of drug-likeness (QED) is 0.170. The van der Waals surface area contributed by atoms with Crippen LogP contribution in [0.2, 0.25) is 0 Å². The Labute approximate surface area is 294 Å². The van der Waals surface area contributed by atoms with Crippen LogP contribution in [0, 0.1) is 37.2 Å². The van der Waals surface area contributed by atoms with E-state index >= 15 is 4.39 Å². The molecule has 264 valence electrons. The highest BCUT2D eigenvalue weighted by Crippen LogP contribution is 2.42. The van der Waals surface area contributed by atoms with E-state index in [4.69, 9.17) is 9.47 Å². The minimum atomic E-state index is -1.03. The van der Waals surface area contributed by atoms with Gasteiger partial charge in [-0.1, -0.05) is 6.07 Å². The van der Waals surface area contributed by atoms with Gasteiger partial charge in [-0.05, 0) is 98.1 Å². The number of hydrogen-bond acceptors (Lipinski definition) is 7. The molecule has 3 heterocycles. The Hall–Kier alpha value is -5.36. The summed E-state index contributed by atoms with van der Waals surface area (Å²) in [4.78, 5) is 21.5. The third-order valence-corrected chi connectivity index (χ3v) is 9.70. The zero-order valence-electron chi connectivity index (χ0n) is 28.5. The van der Waals surface area contributed by atoms with Crippen molar-refractivity contribution in [1.82, 2.24) is 14.8 Å². The molecular formula is C39H39F3N6O3. The van der Waals surface area contributed by atoms with Gasteiger partial charge in [0.15, 0.2) is 0 Å². The maximum Gasteiger partial charge on any atom is 0.255 e. The first-order valence-electron chi connectivity index (χ1n) is 17.0. The minimum Gasteiger partial charge on any atom is -0.493 e. The van der Waals surface area contributed by atoms with Crippen molar-refractivity contribution in [2.24, 2.45) is 5.92 Å². The number of aromatic nitrogens is 3. The number of carbonyl (C=O) groups excluding carboxylic acids is 1. The highest BCUT2D eigenvalue weighted by molar-refractivity contribution is 6.04. The number of ether oxygens (including phenoxy) is 2. The molecule has 1 aromatic heterocycles. The van der Waals surface area contributed by atoms with Gasteiger partial charge in [-0.2, -0.15) is 5.10 Å². The normalized spacial score (nSPS) is 19.0. The number of anilines is 3. The average Bonchev–Trinajstić information content (AvgIpc) is 3.79. The molecule has 0 bridgehead atoms. The Kier molecular flexibility index (Phi) is 9.68. The van der Waals surface area contributed by atoms with Crippen LogP contribution >= 0.6 is 0 Å². The van der Waals surface area contributed by atoms with Crippen molar-refractivity contribution >= 4 is 23.0 Å². The minimum absolute atomic E-state index is 0.0214. The van der Waals surface area contributed by atoms with E-state index in [-0.39, 0.29) is 24.2 Å². The second-order valence-corrected chi connectivity index (χ2v) is 13.3. The van der Waals surface area contributed by atoms with Crippen LogP contribution in [0.1, 0.15) is 33.5 Å². The first kappa shape index (κ1) is 34.1. The first-order chi connectivity index (χ1) is 24.7. The zero-order valence-corrected chi connectivity index (χ0v) is 28.5. The third-order valence-electron chi connectivity index (χ3n) is 9.70. The van der Waals surface area contributed by atoms with E-state index in [1.807, 2.05) is 38.1 Å². The molecule has 2 aliphatic rings. The number of carbonyl (C=O) groups is 1. The molecule has 9 nitrogen and oxygen atoms in total. The summed E-state index contributed by atoms with van der Waals surface area (Å²) < 4.78 is 56.1. The first-order valence-corrected chi connectivity index (χ1v) is 17.0. The van der Waals surface area contributed by atoms with E-state index in [9.17, 15) is 13.6 Å². The Morgan fingerprint density at radius 2 is 1.67 bits per heavy atom. The van der Waals surface area contributed by atoms with Crippen molar-refractivity contribution in [2.45, 2.75) is 32.4 Å². The summed E-state index contributed by atoms with van der Waals surface area (Å²) in [7, 11) is 0. The molecule has 51 heavy (non-hydrogen) atoms. The van der Waals surface area contributed by atoms with Crippen molar-refractivity contribution in [3.63, 3.8) is 0 Å². The average molecular weight is 697 g/mol. The molecule has 1 amide bonds. The van der Waals surface area contributed by atoms with E-state index in [1.54, 1.807) is 11.0 Å². The van der Waals surface area contributed by atoms with E-state index in [1.165, 1.54) is 42.7 Å². The van der Waals surface area contributed by atoms with Crippen LogP contribution in [0.5, 0.6) is 5.75 Å². The van der Waals surface area contributed by atoms with Crippen LogP contribution < -0.4 is 19.9 Å². The summed E-state index contributed by atoms with van der Waals surface area (Å²) in [5, 5.41) is 7.01. The van der Waals surface area contributed by atoms with Gasteiger partial charge in [-0.15, -0.1) is 0 Å². The molecule has 0 aliphatic carbocycles. The summed E-state index contributed by atoms with van der Waals surface area (Å²) in [6.07, 6.45) is 3.45. The van der Waals surface area contributed by atoms with Gasteiger partial charge in [0.05, 0.1) is 19.8 Å². The van der Waals surface area contributed by atoms with Crippen LogP contribution in [0.25, 0.3) is 0 Å². The summed E-state index contributed by atoms with van der Waals surface area (Å²) in [5.41, 5.74) is 4.59.